The Balaban J connectivity index is 1.55. The van der Waals surface area contributed by atoms with Crippen LogP contribution in [0, 0.1) is 0 Å². The average molecular weight is 343 g/mol. The van der Waals surface area contributed by atoms with Gasteiger partial charge in [-0.2, -0.15) is 5.10 Å². The zero-order valence-electron chi connectivity index (χ0n) is 13.9. The van der Waals surface area contributed by atoms with E-state index in [2.05, 4.69) is 37.1 Å². The summed E-state index contributed by atoms with van der Waals surface area (Å²) in [5.41, 5.74) is 10.1. The molecule has 0 fully saturated rings. The Morgan fingerprint density at radius 2 is 1.85 bits per heavy atom. The number of hydrogen-bond donors (Lipinski definition) is 2. The summed E-state index contributed by atoms with van der Waals surface area (Å²) in [5.74, 6) is 1.05. The molecule has 7 nitrogen and oxygen atoms in total. The maximum atomic E-state index is 5.99. The summed E-state index contributed by atoms with van der Waals surface area (Å²) in [6.45, 7) is 0.711. The predicted octanol–water partition coefficient (Wildman–Crippen LogP) is 2.57. The van der Waals surface area contributed by atoms with Crippen molar-refractivity contribution >= 4 is 22.9 Å². The van der Waals surface area contributed by atoms with Gasteiger partial charge in [-0.25, -0.2) is 9.98 Å². The molecule has 1 atom stereocenters. The third kappa shape index (κ3) is 2.41. The van der Waals surface area contributed by atoms with Crippen LogP contribution < -0.4 is 11.1 Å². The Bertz CT molecular complexity index is 1110. The molecule has 3 heterocycles. The van der Waals surface area contributed by atoms with Gasteiger partial charge >= 0.3 is 0 Å². The highest BCUT2D eigenvalue weighted by molar-refractivity contribution is 5.94. The lowest BCUT2D eigenvalue weighted by molar-refractivity contribution is 0.623. The van der Waals surface area contributed by atoms with Gasteiger partial charge in [0.1, 0.15) is 0 Å². The first kappa shape index (κ1) is 14.7. The minimum absolute atomic E-state index is 0.289. The number of nitrogens with one attached hydrogen (secondary N) is 1. The highest BCUT2D eigenvalue weighted by atomic mass is 15.4. The summed E-state index contributed by atoms with van der Waals surface area (Å²) in [5, 5.41) is 7.55. The minimum atomic E-state index is -0.289. The molecule has 5 rings (SSSR count). The number of anilines is 1. The van der Waals surface area contributed by atoms with Gasteiger partial charge in [0, 0.05) is 11.8 Å². The van der Waals surface area contributed by atoms with E-state index in [1.54, 1.807) is 0 Å². The second-order valence-corrected chi connectivity index (χ2v) is 6.26. The monoisotopic (exact) mass is 343 g/mol. The summed E-state index contributed by atoms with van der Waals surface area (Å²) in [4.78, 5) is 9.21. The Labute approximate surface area is 149 Å². The third-order valence-corrected chi connectivity index (χ3v) is 4.48. The van der Waals surface area contributed by atoms with Crippen LogP contribution in [0.1, 0.15) is 17.3 Å². The average Bonchev–Trinajstić information content (AvgIpc) is 3.26. The Morgan fingerprint density at radius 1 is 1.04 bits per heavy atom. The number of fused-ring (bicyclic) bond motifs is 3. The molecule has 4 aromatic rings. The number of imidazole rings is 1. The van der Waals surface area contributed by atoms with E-state index < -0.39 is 0 Å². The Morgan fingerprint density at radius 3 is 2.73 bits per heavy atom. The van der Waals surface area contributed by atoms with Crippen molar-refractivity contribution in [2.24, 2.45) is 10.7 Å². The largest absolute Gasteiger partial charge is 0.370 e. The molecule has 26 heavy (non-hydrogen) atoms. The fraction of sp³-hybridized carbons (Fsp3) is 0.105. The number of aliphatic imine (C=N–C) groups is 1. The van der Waals surface area contributed by atoms with Gasteiger partial charge in [0.2, 0.25) is 5.95 Å². The zero-order chi connectivity index (χ0) is 17.5. The lowest BCUT2D eigenvalue weighted by Crippen LogP contribution is -2.31. The molecule has 1 unspecified atom stereocenters. The van der Waals surface area contributed by atoms with Crippen molar-refractivity contribution in [1.29, 1.82) is 0 Å². The lowest BCUT2D eigenvalue weighted by atomic mass is 10.2. The van der Waals surface area contributed by atoms with Gasteiger partial charge < -0.3 is 5.73 Å². The van der Waals surface area contributed by atoms with Crippen molar-refractivity contribution in [3.8, 4) is 0 Å². The highest BCUT2D eigenvalue weighted by Crippen LogP contribution is 2.31. The normalized spacial score (nSPS) is 16.2. The molecule has 1 aliphatic heterocycles. The van der Waals surface area contributed by atoms with Crippen LogP contribution >= 0.6 is 0 Å². The van der Waals surface area contributed by atoms with Crippen LogP contribution in [0.4, 0.5) is 5.95 Å². The molecule has 3 N–H and O–H groups in total. The third-order valence-electron chi connectivity index (χ3n) is 4.48. The number of nitrogens with two attached hydrogens (primary N) is 1. The summed E-state index contributed by atoms with van der Waals surface area (Å²) in [7, 11) is 0. The smallest absolute Gasteiger partial charge is 0.212 e. The molecule has 7 heteroatoms. The van der Waals surface area contributed by atoms with Crippen LogP contribution in [0.2, 0.25) is 0 Å². The maximum Gasteiger partial charge on any atom is 0.212 e. The van der Waals surface area contributed by atoms with E-state index in [0.29, 0.717) is 18.5 Å². The summed E-state index contributed by atoms with van der Waals surface area (Å²) >= 11 is 0. The molecule has 0 aliphatic carbocycles. The maximum absolute atomic E-state index is 5.99. The van der Waals surface area contributed by atoms with E-state index in [0.717, 1.165) is 16.6 Å². The number of benzene rings is 2. The zero-order valence-corrected chi connectivity index (χ0v) is 13.9. The van der Waals surface area contributed by atoms with E-state index in [4.69, 9.17) is 5.73 Å². The van der Waals surface area contributed by atoms with Crippen LogP contribution in [0.15, 0.2) is 72.0 Å². The van der Waals surface area contributed by atoms with Crippen LogP contribution in [0.5, 0.6) is 0 Å². The Hall–Kier alpha value is -3.61. The second-order valence-electron chi connectivity index (χ2n) is 6.26. The predicted molar refractivity (Wildman–Crippen MR) is 101 cm³/mol. The highest BCUT2D eigenvalue weighted by Gasteiger charge is 2.25. The van der Waals surface area contributed by atoms with Gasteiger partial charge in [-0.05, 0) is 17.7 Å². The van der Waals surface area contributed by atoms with E-state index >= 15 is 0 Å². The SMILES string of the molecule is NC1=NC(c2cnn(Cc3ccccc3)c2)n2c(nc3ccccc32)N1. The van der Waals surface area contributed by atoms with Gasteiger partial charge in [0.15, 0.2) is 12.1 Å². The first-order chi connectivity index (χ1) is 12.8. The number of nitrogens with zero attached hydrogens (tertiary/aromatic N) is 5. The number of rotatable bonds is 3. The van der Waals surface area contributed by atoms with Crippen LogP contribution in [0.25, 0.3) is 11.0 Å². The molecular formula is C19H17N7. The van der Waals surface area contributed by atoms with Gasteiger partial charge in [0.25, 0.3) is 0 Å². The summed E-state index contributed by atoms with van der Waals surface area (Å²) in [6, 6.07) is 18.2. The molecule has 128 valence electrons. The standard InChI is InChI=1S/C19H17N7/c20-18-23-17(26-16-9-5-4-8-15(16)22-19(26)24-18)14-10-21-25(12-14)11-13-6-2-1-3-7-13/h1-10,12,17H,11H2,(H3,20,22,23,24). The first-order valence-corrected chi connectivity index (χ1v) is 8.41. The van der Waals surface area contributed by atoms with Crippen molar-refractivity contribution in [1.82, 2.24) is 19.3 Å². The van der Waals surface area contributed by atoms with E-state index in [9.17, 15) is 0 Å². The minimum Gasteiger partial charge on any atom is -0.370 e. The Kier molecular flexibility index (Phi) is 3.24. The first-order valence-electron chi connectivity index (χ1n) is 8.41. The van der Waals surface area contributed by atoms with Gasteiger partial charge in [-0.1, -0.05) is 42.5 Å². The number of guanidine groups is 1. The molecule has 0 radical (unpaired) electrons. The molecular weight excluding hydrogens is 326 g/mol. The van der Waals surface area contributed by atoms with Gasteiger partial charge in [-0.3, -0.25) is 14.6 Å². The molecule has 0 saturated carbocycles. The second kappa shape index (κ2) is 5.73. The van der Waals surface area contributed by atoms with Crippen molar-refractivity contribution in [3.05, 3.63) is 78.1 Å². The topological polar surface area (TPSA) is 86.0 Å². The lowest BCUT2D eigenvalue weighted by Gasteiger charge is -2.22. The molecule has 2 aromatic carbocycles. The van der Waals surface area contributed by atoms with E-state index in [-0.39, 0.29) is 6.17 Å². The van der Waals surface area contributed by atoms with Gasteiger partial charge in [0.05, 0.1) is 23.8 Å². The van der Waals surface area contributed by atoms with E-state index in [1.807, 2.05) is 59.5 Å². The fourth-order valence-electron chi connectivity index (χ4n) is 3.31. The number of hydrogen-bond acceptors (Lipinski definition) is 5. The molecule has 0 saturated heterocycles. The number of aromatic nitrogens is 4. The van der Waals surface area contributed by atoms with Crippen LogP contribution in [0.3, 0.4) is 0 Å². The summed E-state index contributed by atoms with van der Waals surface area (Å²) in [6.07, 6.45) is 3.57. The van der Waals surface area contributed by atoms with Gasteiger partial charge in [-0.15, -0.1) is 0 Å². The molecule has 0 bridgehead atoms. The van der Waals surface area contributed by atoms with E-state index in [1.165, 1.54) is 5.56 Å². The molecule has 1 aliphatic rings. The molecule has 0 amide bonds. The van der Waals surface area contributed by atoms with Crippen LogP contribution in [-0.2, 0) is 6.54 Å². The van der Waals surface area contributed by atoms with Crippen molar-refractivity contribution in [2.45, 2.75) is 12.7 Å². The summed E-state index contributed by atoms with van der Waals surface area (Å²) < 4.78 is 3.97. The fourth-order valence-corrected chi connectivity index (χ4v) is 3.31. The van der Waals surface area contributed by atoms with Crippen molar-refractivity contribution in [3.63, 3.8) is 0 Å². The quantitative estimate of drug-likeness (QED) is 0.599. The number of para-hydroxylation sites is 2. The van der Waals surface area contributed by atoms with Crippen molar-refractivity contribution in [2.75, 3.05) is 5.32 Å². The van der Waals surface area contributed by atoms with Crippen molar-refractivity contribution < 1.29 is 0 Å². The molecule has 0 spiro atoms. The van der Waals surface area contributed by atoms with Crippen LogP contribution in [-0.4, -0.2) is 25.3 Å². The molecule has 2 aromatic heterocycles.